The van der Waals surface area contributed by atoms with E-state index in [9.17, 15) is 8.42 Å². The quantitative estimate of drug-likeness (QED) is 0.797. The van der Waals surface area contributed by atoms with E-state index in [-0.39, 0.29) is 11.3 Å². The van der Waals surface area contributed by atoms with E-state index >= 15 is 0 Å². The van der Waals surface area contributed by atoms with Crippen LogP contribution in [0.4, 0.5) is 0 Å². The number of sulfonamides is 1. The van der Waals surface area contributed by atoms with Crippen LogP contribution in [0.5, 0.6) is 0 Å². The summed E-state index contributed by atoms with van der Waals surface area (Å²) in [5, 5.41) is -0.137. The average molecular weight is 284 g/mol. The van der Waals surface area contributed by atoms with Gasteiger partial charge in [0.25, 0.3) is 0 Å². The molecule has 2 aliphatic rings. The molecule has 3 rings (SSSR count). The van der Waals surface area contributed by atoms with Gasteiger partial charge in [-0.2, -0.15) is 4.31 Å². The fourth-order valence-corrected chi connectivity index (χ4v) is 4.53. The predicted octanol–water partition coefficient (Wildman–Crippen LogP) is 0.294. The van der Waals surface area contributed by atoms with E-state index in [0.717, 1.165) is 25.1 Å². The molecule has 106 valence electrons. The van der Waals surface area contributed by atoms with Crippen LogP contribution in [0.25, 0.3) is 0 Å². The Kier molecular flexibility index (Phi) is 3.15. The van der Waals surface area contributed by atoms with Crippen LogP contribution in [0.2, 0.25) is 0 Å². The smallest absolute Gasteiger partial charge is 0.217 e. The Balaban J connectivity index is 1.87. The summed E-state index contributed by atoms with van der Waals surface area (Å²) in [5.74, 6) is 0. The molecule has 0 radical (unpaired) electrons. The van der Waals surface area contributed by atoms with Crippen molar-refractivity contribution in [3.63, 3.8) is 0 Å². The lowest BCUT2D eigenvalue weighted by molar-refractivity contribution is 0.233. The molecule has 7 heteroatoms. The van der Waals surface area contributed by atoms with E-state index in [0.29, 0.717) is 13.1 Å². The van der Waals surface area contributed by atoms with Gasteiger partial charge < -0.3 is 9.47 Å². The van der Waals surface area contributed by atoms with Gasteiger partial charge in [-0.3, -0.25) is 0 Å². The van der Waals surface area contributed by atoms with Crippen molar-refractivity contribution in [1.82, 2.24) is 18.8 Å². The van der Waals surface area contributed by atoms with E-state index in [2.05, 4.69) is 14.5 Å². The molecular formula is C12H20N4O2S. The molecule has 0 amide bonds. The number of rotatable bonds is 4. The zero-order valence-electron chi connectivity index (χ0n) is 11.4. The van der Waals surface area contributed by atoms with Crippen LogP contribution in [0.1, 0.15) is 24.6 Å². The number of imidazole rings is 1. The maximum Gasteiger partial charge on any atom is 0.217 e. The molecule has 0 spiro atoms. The van der Waals surface area contributed by atoms with Gasteiger partial charge in [0.05, 0.1) is 29.9 Å². The number of likely N-dealkylation sites (N-methyl/N-ethyl adjacent to an activating group) is 1. The summed E-state index contributed by atoms with van der Waals surface area (Å²) in [7, 11) is 0.905. The van der Waals surface area contributed by atoms with Gasteiger partial charge >= 0.3 is 0 Å². The first kappa shape index (κ1) is 13.1. The summed E-state index contributed by atoms with van der Waals surface area (Å²) in [6.45, 7) is 1.84. The molecule has 1 aliphatic carbocycles. The normalized spacial score (nSPS) is 24.7. The van der Waals surface area contributed by atoms with Gasteiger partial charge in [-0.05, 0) is 26.9 Å². The molecule has 0 saturated heterocycles. The van der Waals surface area contributed by atoms with Crippen molar-refractivity contribution in [2.45, 2.75) is 30.7 Å². The summed E-state index contributed by atoms with van der Waals surface area (Å²) in [4.78, 5) is 6.25. The van der Waals surface area contributed by atoms with Crippen LogP contribution in [0, 0.1) is 0 Å². The van der Waals surface area contributed by atoms with Crippen molar-refractivity contribution >= 4 is 10.0 Å². The number of hydrogen-bond acceptors (Lipinski definition) is 4. The summed E-state index contributed by atoms with van der Waals surface area (Å²) in [6, 6.07) is 0.148. The summed E-state index contributed by atoms with van der Waals surface area (Å²) in [6.07, 6.45) is 5.22. The molecule has 1 fully saturated rings. The lowest BCUT2D eigenvalue weighted by Crippen LogP contribution is -2.44. The second-order valence-electron chi connectivity index (χ2n) is 5.75. The van der Waals surface area contributed by atoms with Crippen LogP contribution in [0.15, 0.2) is 12.5 Å². The topological polar surface area (TPSA) is 58.4 Å². The summed E-state index contributed by atoms with van der Waals surface area (Å²) >= 11 is 0. The molecule has 1 atom stereocenters. The van der Waals surface area contributed by atoms with Crippen LogP contribution in [-0.4, -0.2) is 59.6 Å². The van der Waals surface area contributed by atoms with Gasteiger partial charge in [0, 0.05) is 19.3 Å². The number of nitrogens with zero attached hydrogens (tertiary/aromatic N) is 4. The minimum atomic E-state index is -3.10. The van der Waals surface area contributed by atoms with Gasteiger partial charge in [-0.25, -0.2) is 13.4 Å². The van der Waals surface area contributed by atoms with E-state index in [1.54, 1.807) is 10.5 Å². The third-order valence-corrected chi connectivity index (χ3v) is 6.09. The van der Waals surface area contributed by atoms with Crippen molar-refractivity contribution in [2.75, 3.05) is 27.2 Å². The first-order valence-corrected chi connectivity index (χ1v) is 8.13. The molecular weight excluding hydrogens is 264 g/mol. The number of hydrogen-bond donors (Lipinski definition) is 0. The average Bonchev–Trinajstić information content (AvgIpc) is 3.08. The van der Waals surface area contributed by atoms with Crippen molar-refractivity contribution < 1.29 is 8.42 Å². The minimum absolute atomic E-state index is 0.137. The van der Waals surface area contributed by atoms with Crippen LogP contribution in [0.3, 0.4) is 0 Å². The van der Waals surface area contributed by atoms with Gasteiger partial charge in [-0.1, -0.05) is 0 Å². The molecule has 6 nitrogen and oxygen atoms in total. The summed E-state index contributed by atoms with van der Waals surface area (Å²) in [5.41, 5.74) is 0.988. The second kappa shape index (κ2) is 4.57. The Hall–Kier alpha value is -0.920. The van der Waals surface area contributed by atoms with Crippen LogP contribution >= 0.6 is 0 Å². The highest BCUT2D eigenvalue weighted by atomic mass is 32.2. The third kappa shape index (κ3) is 2.42. The fraction of sp³-hybridized carbons (Fsp3) is 0.750. The summed E-state index contributed by atoms with van der Waals surface area (Å²) < 4.78 is 28.5. The monoisotopic (exact) mass is 284 g/mol. The van der Waals surface area contributed by atoms with Crippen molar-refractivity contribution in [2.24, 2.45) is 0 Å². The van der Waals surface area contributed by atoms with Gasteiger partial charge in [0.2, 0.25) is 10.0 Å². The Morgan fingerprint density at radius 1 is 1.42 bits per heavy atom. The molecule has 2 heterocycles. The van der Waals surface area contributed by atoms with Crippen molar-refractivity contribution in [3.8, 4) is 0 Å². The zero-order chi connectivity index (χ0) is 13.6. The first-order chi connectivity index (χ1) is 8.98. The number of fused-ring (bicyclic) bond motifs is 1. The maximum absolute atomic E-state index is 12.4. The van der Waals surface area contributed by atoms with Crippen LogP contribution in [-0.2, 0) is 16.6 Å². The maximum atomic E-state index is 12.4. The Bertz CT molecular complexity index is 562. The van der Waals surface area contributed by atoms with Crippen molar-refractivity contribution in [3.05, 3.63) is 18.2 Å². The van der Waals surface area contributed by atoms with Gasteiger partial charge in [-0.15, -0.1) is 0 Å². The molecule has 19 heavy (non-hydrogen) atoms. The largest absolute Gasteiger partial charge is 0.328 e. The Labute approximate surface area is 114 Å². The van der Waals surface area contributed by atoms with E-state index < -0.39 is 10.0 Å². The first-order valence-electron chi connectivity index (χ1n) is 6.63. The Morgan fingerprint density at radius 2 is 2.16 bits per heavy atom. The second-order valence-corrected chi connectivity index (χ2v) is 7.96. The van der Waals surface area contributed by atoms with E-state index in [1.165, 1.54) is 0 Å². The zero-order valence-corrected chi connectivity index (χ0v) is 12.2. The third-order valence-electron chi connectivity index (χ3n) is 3.77. The van der Waals surface area contributed by atoms with Gasteiger partial charge in [0.15, 0.2) is 0 Å². The highest BCUT2D eigenvalue weighted by Gasteiger charge is 2.42. The highest BCUT2D eigenvalue weighted by Crippen LogP contribution is 2.34. The van der Waals surface area contributed by atoms with E-state index in [4.69, 9.17) is 0 Å². The molecule has 0 unspecified atom stereocenters. The molecule has 1 aliphatic heterocycles. The van der Waals surface area contributed by atoms with Crippen LogP contribution < -0.4 is 0 Å². The predicted molar refractivity (Wildman–Crippen MR) is 72.2 cm³/mol. The van der Waals surface area contributed by atoms with Gasteiger partial charge in [0.1, 0.15) is 0 Å². The fourth-order valence-electron chi connectivity index (χ4n) is 2.69. The molecule has 1 aromatic heterocycles. The highest BCUT2D eigenvalue weighted by molar-refractivity contribution is 7.90. The lowest BCUT2D eigenvalue weighted by atomic mass is 10.2. The molecule has 0 N–H and O–H groups in total. The standard InChI is InChI=1S/C12H20N4O2S/c1-14(2)6-11-8-15(19(17,18)12-3-4-12)7-10-5-13-9-16(10)11/h5,9,11-12H,3-4,6-8H2,1-2H3/t11-/m1/s1. The molecule has 0 bridgehead atoms. The van der Waals surface area contributed by atoms with Crippen molar-refractivity contribution in [1.29, 1.82) is 0 Å². The minimum Gasteiger partial charge on any atom is -0.328 e. The molecule has 1 saturated carbocycles. The lowest BCUT2D eigenvalue weighted by Gasteiger charge is -2.35. The van der Waals surface area contributed by atoms with E-state index in [1.807, 2.05) is 20.4 Å². The Morgan fingerprint density at radius 3 is 2.79 bits per heavy atom. The SMILES string of the molecule is CN(C)C[C@@H]1CN(S(=O)(=O)C2CC2)Cc2cncn21. The molecule has 1 aromatic rings. The number of aromatic nitrogens is 2. The molecule has 0 aromatic carbocycles.